The molecule has 1 aliphatic rings. The van der Waals surface area contributed by atoms with Crippen molar-refractivity contribution in [2.75, 3.05) is 20.1 Å². The average molecular weight is 528 g/mol. The quantitative estimate of drug-likeness (QED) is 0.335. The van der Waals surface area contributed by atoms with Crippen molar-refractivity contribution in [3.63, 3.8) is 0 Å². The van der Waals surface area contributed by atoms with E-state index < -0.39 is 28.3 Å². The Balaban J connectivity index is 1.57. The molecule has 1 atom stereocenters. The number of nitrogens with zero attached hydrogens (tertiary/aromatic N) is 2. The molecule has 188 valence electrons. The molecule has 4 rings (SSSR count). The van der Waals surface area contributed by atoms with Gasteiger partial charge in [-0.2, -0.15) is 0 Å². The van der Waals surface area contributed by atoms with Gasteiger partial charge in [-0.05, 0) is 60.3 Å². The molecular weight excluding hydrogens is 502 g/mol. The number of nitro groups is 1. The fourth-order valence-corrected chi connectivity index (χ4v) is 5.26. The van der Waals surface area contributed by atoms with Gasteiger partial charge in [-0.1, -0.05) is 35.9 Å². The van der Waals surface area contributed by atoms with Crippen LogP contribution in [0.5, 0.6) is 5.75 Å². The number of likely N-dealkylation sites (N-methyl/N-ethyl adjacent to an activating group) is 1. The van der Waals surface area contributed by atoms with Crippen LogP contribution in [0.15, 0.2) is 48.5 Å². The molecule has 0 bridgehead atoms. The van der Waals surface area contributed by atoms with E-state index in [1.54, 1.807) is 12.1 Å². The molecule has 0 saturated carbocycles. The highest BCUT2D eigenvalue weighted by Crippen LogP contribution is 2.27. The number of nitro benzene ring substituents is 1. The van der Waals surface area contributed by atoms with Gasteiger partial charge in [0.2, 0.25) is 0 Å². The maximum atomic E-state index is 13.4. The number of phenolic OH excluding ortho intramolecular Hbond substituents is 1. The van der Waals surface area contributed by atoms with Gasteiger partial charge in [0.05, 0.1) is 20.2 Å². The van der Waals surface area contributed by atoms with Crippen LogP contribution >= 0.6 is 22.9 Å². The van der Waals surface area contributed by atoms with E-state index in [0.717, 1.165) is 42.8 Å². The zero-order valence-electron chi connectivity index (χ0n) is 19.7. The number of thiophene rings is 1. The number of hydrogen-bond acceptors (Lipinski definition) is 7. The van der Waals surface area contributed by atoms with Crippen molar-refractivity contribution >= 4 is 40.3 Å². The summed E-state index contributed by atoms with van der Waals surface area (Å²) in [6, 6.07) is 12.3. The number of hydrogen-bond donors (Lipinski definition) is 2. The number of carbonyl (C=O) groups is 2. The zero-order chi connectivity index (χ0) is 25.8. The lowest BCUT2D eigenvalue weighted by Gasteiger charge is -2.18. The highest BCUT2D eigenvalue weighted by Gasteiger charge is 2.25. The lowest BCUT2D eigenvalue weighted by Crippen LogP contribution is -2.43. The average Bonchev–Trinajstić information content (AvgIpc) is 3.20. The molecule has 36 heavy (non-hydrogen) atoms. The molecule has 0 aliphatic carbocycles. The predicted molar refractivity (Wildman–Crippen MR) is 139 cm³/mol. The van der Waals surface area contributed by atoms with Crippen molar-refractivity contribution in [1.82, 2.24) is 10.2 Å². The third-order valence-electron chi connectivity index (χ3n) is 6.34. The number of carbonyl (C=O) groups excluding carboxylic acids is 2. The summed E-state index contributed by atoms with van der Waals surface area (Å²) in [5.74, 6) is -1.12. The maximum absolute atomic E-state index is 13.4. The molecule has 1 amide bonds. The van der Waals surface area contributed by atoms with Crippen LogP contribution in [0.3, 0.4) is 0 Å². The molecule has 2 aromatic carbocycles. The summed E-state index contributed by atoms with van der Waals surface area (Å²) in [4.78, 5) is 39.5. The van der Waals surface area contributed by atoms with Gasteiger partial charge < -0.3 is 15.3 Å². The summed E-state index contributed by atoms with van der Waals surface area (Å²) in [7, 11) is 2.10. The lowest BCUT2D eigenvalue weighted by atomic mass is 9.94. The normalized spacial score (nSPS) is 14.5. The Morgan fingerprint density at radius 2 is 1.83 bits per heavy atom. The second-order valence-electron chi connectivity index (χ2n) is 8.96. The van der Waals surface area contributed by atoms with Crippen molar-refractivity contribution < 1.29 is 19.6 Å². The van der Waals surface area contributed by atoms with Crippen LogP contribution in [-0.4, -0.2) is 52.8 Å². The monoisotopic (exact) mass is 527 g/mol. The van der Waals surface area contributed by atoms with Gasteiger partial charge in [0, 0.05) is 32.0 Å². The van der Waals surface area contributed by atoms with E-state index >= 15 is 0 Å². The number of amides is 1. The molecule has 2 heterocycles. The number of aromatic hydroxyl groups is 1. The zero-order valence-corrected chi connectivity index (χ0v) is 21.3. The van der Waals surface area contributed by atoms with E-state index in [2.05, 4.69) is 29.4 Å². The number of fused-ring (bicyclic) bond motifs is 1. The van der Waals surface area contributed by atoms with Gasteiger partial charge in [0.15, 0.2) is 11.5 Å². The van der Waals surface area contributed by atoms with Crippen LogP contribution < -0.4 is 5.32 Å². The smallest absolute Gasteiger partial charge is 0.310 e. The highest BCUT2D eigenvalue weighted by molar-refractivity contribution is 7.18. The fourth-order valence-electron chi connectivity index (χ4n) is 4.31. The van der Waals surface area contributed by atoms with E-state index in [1.807, 2.05) is 6.07 Å². The molecule has 0 radical (unpaired) electrons. The van der Waals surface area contributed by atoms with Gasteiger partial charge in [0.25, 0.3) is 5.91 Å². The largest absolute Gasteiger partial charge is 0.502 e. The van der Waals surface area contributed by atoms with Crippen LogP contribution in [0.25, 0.3) is 0 Å². The van der Waals surface area contributed by atoms with E-state index in [4.69, 9.17) is 11.6 Å². The number of Topliss-reactive ketones (excluding diaryl/α,β-unsaturated/α-hetero) is 1. The topological polar surface area (TPSA) is 113 Å². The summed E-state index contributed by atoms with van der Waals surface area (Å²) in [6.45, 7) is 1.94. The van der Waals surface area contributed by atoms with Gasteiger partial charge >= 0.3 is 5.69 Å². The van der Waals surface area contributed by atoms with Crippen LogP contribution in [0, 0.1) is 10.1 Å². The minimum Gasteiger partial charge on any atom is -0.502 e. The predicted octanol–water partition coefficient (Wildman–Crippen LogP) is 4.20. The first-order valence-electron chi connectivity index (χ1n) is 11.5. The van der Waals surface area contributed by atoms with E-state index in [-0.39, 0.29) is 18.6 Å². The number of benzene rings is 2. The van der Waals surface area contributed by atoms with E-state index in [0.29, 0.717) is 14.8 Å². The number of nitrogens with one attached hydrogen (secondary N) is 1. The molecule has 0 saturated heterocycles. The Kier molecular flexibility index (Phi) is 8.03. The Labute approximate surface area is 217 Å². The number of halogens is 1. The van der Waals surface area contributed by atoms with Crippen molar-refractivity contribution in [3.05, 3.63) is 90.1 Å². The third-order valence-corrected chi connectivity index (χ3v) is 7.57. The minimum absolute atomic E-state index is 0.0422. The molecule has 10 heteroatoms. The SMILES string of the molecule is CN1CCc2ccc(CC(=O)C(Cc3ccc(O)c([N+](=O)[O-])c3)NC(=O)c3ccc(Cl)s3)cc2CC1. The van der Waals surface area contributed by atoms with Crippen LogP contribution in [-0.2, 0) is 30.5 Å². The first-order chi connectivity index (χ1) is 17.2. The van der Waals surface area contributed by atoms with Gasteiger partial charge in [-0.25, -0.2) is 0 Å². The van der Waals surface area contributed by atoms with Gasteiger partial charge in [-0.15, -0.1) is 11.3 Å². The first kappa shape index (κ1) is 25.8. The molecule has 8 nitrogen and oxygen atoms in total. The maximum Gasteiger partial charge on any atom is 0.310 e. The Bertz CT molecular complexity index is 1310. The molecule has 1 unspecified atom stereocenters. The van der Waals surface area contributed by atoms with E-state index in [9.17, 15) is 24.8 Å². The molecular formula is C26H26ClN3O5S. The lowest BCUT2D eigenvalue weighted by molar-refractivity contribution is -0.385. The Hall–Kier alpha value is -3.27. The second-order valence-corrected chi connectivity index (χ2v) is 10.7. The summed E-state index contributed by atoms with van der Waals surface area (Å²) in [5.41, 5.74) is 3.37. The van der Waals surface area contributed by atoms with Gasteiger partial charge in [0.1, 0.15) is 0 Å². The first-order valence-corrected chi connectivity index (χ1v) is 12.7. The van der Waals surface area contributed by atoms with Crippen molar-refractivity contribution in [2.24, 2.45) is 0 Å². The molecule has 1 aromatic heterocycles. The van der Waals surface area contributed by atoms with Crippen molar-refractivity contribution in [2.45, 2.75) is 31.7 Å². The minimum atomic E-state index is -0.924. The number of ketones is 1. The summed E-state index contributed by atoms with van der Waals surface area (Å²) in [6.07, 6.45) is 2.02. The number of phenols is 1. The fraction of sp³-hybridized carbons (Fsp3) is 0.308. The Morgan fingerprint density at radius 1 is 1.11 bits per heavy atom. The molecule has 1 aliphatic heterocycles. The summed E-state index contributed by atoms with van der Waals surface area (Å²) < 4.78 is 0.452. The van der Waals surface area contributed by atoms with Crippen molar-refractivity contribution in [3.8, 4) is 5.75 Å². The van der Waals surface area contributed by atoms with Crippen LogP contribution in [0.1, 0.15) is 31.9 Å². The number of rotatable bonds is 8. The van der Waals surface area contributed by atoms with Crippen LogP contribution in [0.4, 0.5) is 5.69 Å². The van der Waals surface area contributed by atoms with Gasteiger partial charge in [-0.3, -0.25) is 19.7 Å². The third kappa shape index (κ3) is 6.29. The summed E-state index contributed by atoms with van der Waals surface area (Å²) >= 11 is 7.06. The molecule has 2 N–H and O–H groups in total. The standard InChI is InChI=1S/C26H26ClN3O5S/c1-29-10-8-18-4-2-16(12-19(18)9-11-29)15-23(32)20(28-26(33)24-6-7-25(27)36-24)13-17-3-5-22(31)21(14-17)30(34)35/h2-7,12,14,20,31H,8-11,13,15H2,1H3,(H,28,33). The highest BCUT2D eigenvalue weighted by atomic mass is 35.5. The molecule has 0 fully saturated rings. The Morgan fingerprint density at radius 3 is 2.53 bits per heavy atom. The second kappa shape index (κ2) is 11.2. The molecule has 0 spiro atoms. The van der Waals surface area contributed by atoms with Crippen molar-refractivity contribution in [1.29, 1.82) is 0 Å². The molecule has 3 aromatic rings. The van der Waals surface area contributed by atoms with Crippen LogP contribution in [0.2, 0.25) is 4.34 Å². The van der Waals surface area contributed by atoms with E-state index in [1.165, 1.54) is 29.3 Å². The summed E-state index contributed by atoms with van der Waals surface area (Å²) in [5, 5.41) is 23.8.